The Kier molecular flexibility index (Phi) is 6.43. The van der Waals surface area contributed by atoms with Crippen molar-refractivity contribution in [2.45, 2.75) is 5.41 Å². The van der Waals surface area contributed by atoms with Gasteiger partial charge in [0, 0.05) is 38.6 Å². The minimum absolute atomic E-state index is 0.686. The zero-order valence-corrected chi connectivity index (χ0v) is 28.5. The molecule has 1 aliphatic carbocycles. The SMILES string of the molecule is C1=Cc2ccc(-c3cc(-c4ccccc4)nc(-c4ccccc4)n3)cc2C2(c3ccccc31)c1ccccc1Oc1cc3c(cc12)oc1ccccc13. The fraction of sp³-hybridized carbons (Fsp3) is 0.0204. The predicted octanol–water partition coefficient (Wildman–Crippen LogP) is 12.3. The fourth-order valence-electron chi connectivity index (χ4n) is 8.40. The number of fused-ring (bicyclic) bond motifs is 11. The van der Waals surface area contributed by atoms with E-state index in [2.05, 4.69) is 133 Å². The van der Waals surface area contributed by atoms with Crippen molar-refractivity contribution in [2.75, 3.05) is 0 Å². The highest BCUT2D eigenvalue weighted by Gasteiger charge is 2.48. The summed E-state index contributed by atoms with van der Waals surface area (Å²) in [5, 5.41) is 2.10. The molecule has 0 bridgehead atoms. The predicted molar refractivity (Wildman–Crippen MR) is 213 cm³/mol. The zero-order chi connectivity index (χ0) is 34.9. The molecule has 2 aromatic heterocycles. The summed E-state index contributed by atoms with van der Waals surface area (Å²) in [6.07, 6.45) is 4.49. The Morgan fingerprint density at radius 3 is 1.89 bits per heavy atom. The van der Waals surface area contributed by atoms with Crippen LogP contribution in [0.5, 0.6) is 11.5 Å². The largest absolute Gasteiger partial charge is 0.457 e. The van der Waals surface area contributed by atoms with Crippen molar-refractivity contribution < 1.29 is 9.15 Å². The molecule has 0 radical (unpaired) electrons. The van der Waals surface area contributed by atoms with Gasteiger partial charge in [0.05, 0.1) is 16.8 Å². The summed E-state index contributed by atoms with van der Waals surface area (Å²) in [5.74, 6) is 2.33. The van der Waals surface area contributed by atoms with Crippen LogP contribution in [0.25, 0.3) is 68.0 Å². The van der Waals surface area contributed by atoms with E-state index in [-0.39, 0.29) is 0 Å². The third-order valence-electron chi connectivity index (χ3n) is 10.8. The molecule has 0 saturated carbocycles. The van der Waals surface area contributed by atoms with E-state index in [0.29, 0.717) is 5.82 Å². The molecule has 7 aromatic carbocycles. The second-order valence-electron chi connectivity index (χ2n) is 13.7. The van der Waals surface area contributed by atoms with Gasteiger partial charge in [-0.3, -0.25) is 0 Å². The average Bonchev–Trinajstić information content (AvgIpc) is 3.52. The first-order valence-electron chi connectivity index (χ1n) is 17.9. The molecule has 1 unspecified atom stereocenters. The maximum Gasteiger partial charge on any atom is 0.160 e. The van der Waals surface area contributed by atoms with E-state index in [1.165, 1.54) is 5.56 Å². The third kappa shape index (κ3) is 4.49. The van der Waals surface area contributed by atoms with Crippen LogP contribution in [0.1, 0.15) is 33.4 Å². The first-order valence-corrected chi connectivity index (χ1v) is 17.9. The highest BCUT2D eigenvalue weighted by molar-refractivity contribution is 6.06. The topological polar surface area (TPSA) is 48.2 Å². The van der Waals surface area contributed by atoms with E-state index >= 15 is 0 Å². The number of furan rings is 1. The number of nitrogens with zero attached hydrogens (tertiary/aromatic N) is 2. The van der Waals surface area contributed by atoms with Crippen LogP contribution >= 0.6 is 0 Å². The number of rotatable bonds is 3. The molecule has 1 spiro atoms. The Bertz CT molecular complexity index is 2870. The van der Waals surface area contributed by atoms with Gasteiger partial charge in [-0.1, -0.05) is 146 Å². The Balaban J connectivity index is 1.23. The maximum atomic E-state index is 6.86. The lowest BCUT2D eigenvalue weighted by atomic mass is 9.62. The molecule has 0 fully saturated rings. The molecule has 4 nitrogen and oxygen atoms in total. The van der Waals surface area contributed by atoms with Crippen LogP contribution in [0, 0.1) is 0 Å². The second kappa shape index (κ2) is 11.5. The molecule has 9 aromatic rings. The minimum Gasteiger partial charge on any atom is -0.457 e. The number of benzene rings is 7. The molecular formula is C49H30N2O2. The minimum atomic E-state index is -0.750. The summed E-state index contributed by atoms with van der Waals surface area (Å²) >= 11 is 0. The van der Waals surface area contributed by atoms with E-state index in [0.717, 1.165) is 89.3 Å². The molecule has 0 amide bonds. The molecule has 0 saturated heterocycles. The van der Waals surface area contributed by atoms with Gasteiger partial charge in [0.25, 0.3) is 0 Å². The lowest BCUT2D eigenvalue weighted by molar-refractivity contribution is 0.435. The van der Waals surface area contributed by atoms with Gasteiger partial charge in [-0.05, 0) is 58.7 Å². The highest BCUT2D eigenvalue weighted by Crippen LogP contribution is 2.59. The van der Waals surface area contributed by atoms with Crippen molar-refractivity contribution >= 4 is 34.1 Å². The van der Waals surface area contributed by atoms with Gasteiger partial charge in [-0.2, -0.15) is 0 Å². The fourth-order valence-corrected chi connectivity index (χ4v) is 8.40. The summed E-state index contributed by atoms with van der Waals surface area (Å²) in [6.45, 7) is 0. The Morgan fingerprint density at radius 1 is 0.396 bits per heavy atom. The number of aromatic nitrogens is 2. The van der Waals surface area contributed by atoms with Gasteiger partial charge in [-0.25, -0.2) is 9.97 Å². The molecule has 2 aliphatic rings. The van der Waals surface area contributed by atoms with Crippen LogP contribution in [0.4, 0.5) is 0 Å². The van der Waals surface area contributed by atoms with Crippen LogP contribution in [-0.4, -0.2) is 9.97 Å². The summed E-state index contributed by atoms with van der Waals surface area (Å²) in [7, 11) is 0. The van der Waals surface area contributed by atoms with Crippen LogP contribution in [-0.2, 0) is 5.41 Å². The molecule has 1 atom stereocenters. The molecule has 3 heterocycles. The summed E-state index contributed by atoms with van der Waals surface area (Å²) in [5.41, 5.74) is 12.4. The molecule has 1 aliphatic heterocycles. The van der Waals surface area contributed by atoms with E-state index in [1.807, 2.05) is 48.5 Å². The average molecular weight is 679 g/mol. The number of hydrogen-bond donors (Lipinski definition) is 0. The van der Waals surface area contributed by atoms with Crippen LogP contribution in [0.2, 0.25) is 0 Å². The quantitative estimate of drug-likeness (QED) is 0.187. The van der Waals surface area contributed by atoms with Crippen LogP contribution in [0.15, 0.2) is 174 Å². The monoisotopic (exact) mass is 678 g/mol. The number of para-hydroxylation sites is 2. The summed E-state index contributed by atoms with van der Waals surface area (Å²) < 4.78 is 13.4. The van der Waals surface area contributed by atoms with Crippen molar-refractivity contribution in [2.24, 2.45) is 0 Å². The molecule has 0 N–H and O–H groups in total. The zero-order valence-electron chi connectivity index (χ0n) is 28.5. The summed E-state index contributed by atoms with van der Waals surface area (Å²) in [6, 6.07) is 59.2. The lowest BCUT2D eigenvalue weighted by Gasteiger charge is -2.42. The van der Waals surface area contributed by atoms with E-state index in [1.54, 1.807) is 0 Å². The van der Waals surface area contributed by atoms with Crippen molar-refractivity contribution in [1.29, 1.82) is 0 Å². The van der Waals surface area contributed by atoms with Crippen molar-refractivity contribution in [3.05, 3.63) is 203 Å². The van der Waals surface area contributed by atoms with E-state index in [9.17, 15) is 0 Å². The maximum absolute atomic E-state index is 6.86. The van der Waals surface area contributed by atoms with Gasteiger partial charge >= 0.3 is 0 Å². The van der Waals surface area contributed by atoms with Gasteiger partial charge in [-0.15, -0.1) is 0 Å². The Morgan fingerprint density at radius 2 is 1.06 bits per heavy atom. The molecule has 11 rings (SSSR count). The Labute approximate surface area is 306 Å². The molecule has 53 heavy (non-hydrogen) atoms. The highest BCUT2D eigenvalue weighted by atomic mass is 16.5. The molecule has 248 valence electrons. The smallest absolute Gasteiger partial charge is 0.160 e. The van der Waals surface area contributed by atoms with Gasteiger partial charge in [0.15, 0.2) is 5.82 Å². The second-order valence-corrected chi connectivity index (χ2v) is 13.7. The number of ether oxygens (including phenoxy) is 1. The standard InChI is InChI=1S/C49H30N2O2/c1-3-14-33(15-4-1)42-30-43(51-48(50-42)34-16-5-2-6-17-34)35-26-25-32-24-23-31-13-7-9-19-38(31)49(40(32)27-35)39-20-10-12-22-45(39)53-47-28-37-36-18-8-11-21-44(36)52-46(37)29-41(47)49/h1-30H. The van der Waals surface area contributed by atoms with Gasteiger partial charge in [0.2, 0.25) is 0 Å². The third-order valence-corrected chi connectivity index (χ3v) is 10.8. The van der Waals surface area contributed by atoms with Gasteiger partial charge < -0.3 is 9.15 Å². The molecule has 4 heteroatoms. The Hall–Kier alpha value is -7.04. The van der Waals surface area contributed by atoms with Crippen molar-refractivity contribution in [1.82, 2.24) is 9.97 Å². The van der Waals surface area contributed by atoms with Crippen molar-refractivity contribution in [3.8, 4) is 45.4 Å². The van der Waals surface area contributed by atoms with E-state index in [4.69, 9.17) is 19.1 Å². The number of hydrogen-bond acceptors (Lipinski definition) is 4. The molecular weight excluding hydrogens is 649 g/mol. The van der Waals surface area contributed by atoms with Crippen LogP contribution < -0.4 is 4.74 Å². The first-order chi connectivity index (χ1) is 26.2. The normalized spacial score (nSPS) is 15.3. The van der Waals surface area contributed by atoms with Crippen LogP contribution in [0.3, 0.4) is 0 Å². The van der Waals surface area contributed by atoms with Crippen molar-refractivity contribution in [3.63, 3.8) is 0 Å². The first kappa shape index (κ1) is 29.7. The van der Waals surface area contributed by atoms with Gasteiger partial charge in [0.1, 0.15) is 22.7 Å². The summed E-state index contributed by atoms with van der Waals surface area (Å²) in [4.78, 5) is 10.3. The lowest BCUT2D eigenvalue weighted by Crippen LogP contribution is -2.35. The van der Waals surface area contributed by atoms with E-state index < -0.39 is 5.41 Å².